The highest BCUT2D eigenvalue weighted by Gasteiger charge is 2.14. The molecule has 0 spiro atoms. The van der Waals surface area contributed by atoms with Crippen molar-refractivity contribution in [1.82, 2.24) is 5.32 Å². The van der Waals surface area contributed by atoms with Gasteiger partial charge in [0.05, 0.1) is 0 Å². The van der Waals surface area contributed by atoms with Crippen LogP contribution in [0.1, 0.15) is 20.3 Å². The molecule has 0 aromatic carbocycles. The number of nitrogens with two attached hydrogens (primary N) is 1. The van der Waals surface area contributed by atoms with Gasteiger partial charge in [-0.15, -0.1) is 0 Å². The van der Waals surface area contributed by atoms with Crippen LogP contribution in [0.4, 0.5) is 0 Å². The van der Waals surface area contributed by atoms with E-state index < -0.39 is 0 Å². The third-order valence-corrected chi connectivity index (χ3v) is 3.18. The van der Waals surface area contributed by atoms with Crippen molar-refractivity contribution in [3.05, 3.63) is 0 Å². The number of thioether (sulfide) groups is 1. The Morgan fingerprint density at radius 2 is 2.57 bits per heavy atom. The molecular formula is C9H17N3OS. The van der Waals surface area contributed by atoms with E-state index in [4.69, 9.17) is 5.73 Å². The summed E-state index contributed by atoms with van der Waals surface area (Å²) < 4.78 is 0. The quantitative estimate of drug-likeness (QED) is 0.723. The van der Waals surface area contributed by atoms with E-state index in [9.17, 15) is 4.79 Å². The summed E-state index contributed by atoms with van der Waals surface area (Å²) in [7, 11) is 0. The van der Waals surface area contributed by atoms with E-state index >= 15 is 0 Å². The molecular weight excluding hydrogens is 198 g/mol. The Balaban J connectivity index is 2.33. The summed E-state index contributed by atoms with van der Waals surface area (Å²) in [6.07, 6.45) is 0.356. The summed E-state index contributed by atoms with van der Waals surface area (Å²) >= 11 is 1.71. The van der Waals surface area contributed by atoms with E-state index in [0.29, 0.717) is 12.3 Å². The van der Waals surface area contributed by atoms with Gasteiger partial charge in [0.1, 0.15) is 0 Å². The van der Waals surface area contributed by atoms with Crippen molar-refractivity contribution in [3.63, 3.8) is 0 Å². The normalized spacial score (nSPS) is 23.9. The molecule has 1 aliphatic heterocycles. The van der Waals surface area contributed by atoms with E-state index in [-0.39, 0.29) is 11.9 Å². The van der Waals surface area contributed by atoms with Crippen LogP contribution in [0.2, 0.25) is 0 Å². The van der Waals surface area contributed by atoms with Gasteiger partial charge >= 0.3 is 0 Å². The number of carbonyl (C=O) groups is 1. The Labute approximate surface area is 88.7 Å². The van der Waals surface area contributed by atoms with Gasteiger partial charge in [0.15, 0.2) is 5.17 Å². The molecule has 5 heteroatoms. The first-order valence-corrected chi connectivity index (χ1v) is 5.78. The molecule has 4 nitrogen and oxygen atoms in total. The summed E-state index contributed by atoms with van der Waals surface area (Å²) in [5.41, 5.74) is 5.09. The Kier molecular flexibility index (Phi) is 4.25. The molecule has 80 valence electrons. The van der Waals surface area contributed by atoms with Crippen LogP contribution in [0.3, 0.4) is 0 Å². The van der Waals surface area contributed by atoms with Crippen LogP contribution in [0, 0.1) is 5.92 Å². The van der Waals surface area contributed by atoms with Crippen molar-refractivity contribution in [2.45, 2.75) is 26.3 Å². The maximum absolute atomic E-state index is 10.6. The van der Waals surface area contributed by atoms with E-state index in [1.165, 1.54) is 0 Å². The van der Waals surface area contributed by atoms with Crippen molar-refractivity contribution >= 4 is 22.8 Å². The van der Waals surface area contributed by atoms with Crippen LogP contribution in [-0.4, -0.2) is 29.4 Å². The monoisotopic (exact) mass is 215 g/mol. The second kappa shape index (κ2) is 5.24. The molecule has 1 heterocycles. The molecule has 1 rings (SSSR count). The Bertz CT molecular complexity index is 242. The van der Waals surface area contributed by atoms with E-state index in [1.54, 1.807) is 11.8 Å². The average molecular weight is 215 g/mol. The Morgan fingerprint density at radius 1 is 1.86 bits per heavy atom. The fourth-order valence-corrected chi connectivity index (χ4v) is 2.21. The summed E-state index contributed by atoms with van der Waals surface area (Å²) in [4.78, 5) is 15.0. The van der Waals surface area contributed by atoms with Gasteiger partial charge in [-0.2, -0.15) is 0 Å². The number of rotatable bonds is 3. The largest absolute Gasteiger partial charge is 0.370 e. The highest BCUT2D eigenvalue weighted by molar-refractivity contribution is 8.13. The number of primary amides is 1. The first kappa shape index (κ1) is 11.4. The van der Waals surface area contributed by atoms with Crippen molar-refractivity contribution in [1.29, 1.82) is 0 Å². The molecule has 0 fully saturated rings. The third kappa shape index (κ3) is 4.00. The van der Waals surface area contributed by atoms with Crippen LogP contribution >= 0.6 is 11.8 Å². The Hall–Kier alpha value is -0.710. The molecule has 0 saturated heterocycles. The van der Waals surface area contributed by atoms with E-state index in [0.717, 1.165) is 17.5 Å². The fraction of sp³-hybridized carbons (Fsp3) is 0.778. The zero-order chi connectivity index (χ0) is 10.6. The minimum Gasteiger partial charge on any atom is -0.370 e. The standard InChI is InChI=1S/C9H17N3OS/c1-6-4-11-9(14-5-6)12-7(2)3-8(10)13/h6-7H,3-5H2,1-2H3,(H2,10,13)(H,11,12). The van der Waals surface area contributed by atoms with Gasteiger partial charge in [-0.1, -0.05) is 18.7 Å². The number of aliphatic imine (C=N–C) groups is 1. The molecule has 1 aliphatic rings. The summed E-state index contributed by atoms with van der Waals surface area (Å²) in [6, 6.07) is 0.0761. The van der Waals surface area contributed by atoms with Gasteiger partial charge in [0, 0.05) is 24.8 Å². The molecule has 2 unspecified atom stereocenters. The SMILES string of the molecule is CC1CN=C(NC(C)CC(N)=O)SC1. The smallest absolute Gasteiger partial charge is 0.219 e. The number of nitrogens with zero attached hydrogens (tertiary/aromatic N) is 1. The lowest BCUT2D eigenvalue weighted by Crippen LogP contribution is -2.36. The van der Waals surface area contributed by atoms with Gasteiger partial charge < -0.3 is 11.1 Å². The van der Waals surface area contributed by atoms with Gasteiger partial charge in [-0.3, -0.25) is 9.79 Å². The van der Waals surface area contributed by atoms with Gasteiger partial charge in [0.25, 0.3) is 0 Å². The lowest BCUT2D eigenvalue weighted by Gasteiger charge is -2.20. The van der Waals surface area contributed by atoms with Crippen LogP contribution in [0.15, 0.2) is 4.99 Å². The molecule has 3 N–H and O–H groups in total. The highest BCUT2D eigenvalue weighted by Crippen LogP contribution is 2.16. The topological polar surface area (TPSA) is 67.5 Å². The van der Waals surface area contributed by atoms with Crippen molar-refractivity contribution in [2.24, 2.45) is 16.6 Å². The first-order valence-electron chi connectivity index (χ1n) is 4.80. The number of carbonyl (C=O) groups excluding carboxylic acids is 1. The van der Waals surface area contributed by atoms with Gasteiger partial charge in [0.2, 0.25) is 5.91 Å². The fourth-order valence-electron chi connectivity index (χ4n) is 1.21. The van der Waals surface area contributed by atoms with Gasteiger partial charge in [-0.25, -0.2) is 0 Å². The highest BCUT2D eigenvalue weighted by atomic mass is 32.2. The summed E-state index contributed by atoms with van der Waals surface area (Å²) in [5, 5.41) is 4.12. The number of nitrogens with one attached hydrogen (secondary N) is 1. The minimum absolute atomic E-state index is 0.0761. The number of hydrogen-bond donors (Lipinski definition) is 2. The molecule has 0 aromatic rings. The van der Waals surface area contributed by atoms with Crippen LogP contribution in [-0.2, 0) is 4.79 Å². The second-order valence-corrected chi connectivity index (χ2v) is 4.79. The summed E-state index contributed by atoms with van der Waals surface area (Å²) in [5.74, 6) is 1.46. The molecule has 14 heavy (non-hydrogen) atoms. The molecule has 0 radical (unpaired) electrons. The summed E-state index contributed by atoms with van der Waals surface area (Å²) in [6.45, 7) is 4.99. The van der Waals surface area contributed by atoms with Crippen molar-refractivity contribution in [2.75, 3.05) is 12.3 Å². The zero-order valence-electron chi connectivity index (χ0n) is 8.62. The van der Waals surface area contributed by atoms with Crippen molar-refractivity contribution in [3.8, 4) is 0 Å². The molecule has 0 aromatic heterocycles. The predicted octanol–water partition coefficient (Wildman–Crippen LogP) is 0.579. The maximum Gasteiger partial charge on any atom is 0.219 e. The van der Waals surface area contributed by atoms with Gasteiger partial charge in [-0.05, 0) is 12.8 Å². The second-order valence-electron chi connectivity index (χ2n) is 3.78. The van der Waals surface area contributed by atoms with E-state index in [2.05, 4.69) is 17.2 Å². The minimum atomic E-state index is -0.278. The van der Waals surface area contributed by atoms with Crippen LogP contribution in [0.5, 0.6) is 0 Å². The van der Waals surface area contributed by atoms with E-state index in [1.807, 2.05) is 6.92 Å². The van der Waals surface area contributed by atoms with Crippen LogP contribution < -0.4 is 11.1 Å². The molecule has 2 atom stereocenters. The molecule has 0 saturated carbocycles. The van der Waals surface area contributed by atoms with Crippen LogP contribution in [0.25, 0.3) is 0 Å². The number of amides is 1. The van der Waals surface area contributed by atoms with Crippen molar-refractivity contribution < 1.29 is 4.79 Å². The molecule has 1 amide bonds. The average Bonchev–Trinajstić information content (AvgIpc) is 2.07. The molecule has 0 aliphatic carbocycles. The molecule has 0 bridgehead atoms. The Morgan fingerprint density at radius 3 is 3.07 bits per heavy atom. The lowest BCUT2D eigenvalue weighted by molar-refractivity contribution is -0.118. The predicted molar refractivity (Wildman–Crippen MR) is 60.3 cm³/mol. The third-order valence-electron chi connectivity index (χ3n) is 1.93. The first-order chi connectivity index (χ1) is 6.58. The number of hydrogen-bond acceptors (Lipinski definition) is 4. The number of amidine groups is 1. The maximum atomic E-state index is 10.6. The lowest BCUT2D eigenvalue weighted by atomic mass is 10.2. The zero-order valence-corrected chi connectivity index (χ0v) is 9.43.